The summed E-state index contributed by atoms with van der Waals surface area (Å²) in [7, 11) is 0. The zero-order valence-electron chi connectivity index (χ0n) is 9.75. The fourth-order valence-corrected chi connectivity index (χ4v) is 1.07. The van der Waals surface area contributed by atoms with Crippen molar-refractivity contribution in [2.75, 3.05) is 0 Å². The van der Waals surface area contributed by atoms with E-state index in [0.717, 1.165) is 12.1 Å². The Balaban J connectivity index is 2.94. The van der Waals surface area contributed by atoms with E-state index in [4.69, 9.17) is 14.4 Å². The molecule has 0 fully saturated rings. The molecule has 0 aromatic carbocycles. The monoisotopic (exact) mass is 250 g/mol. The van der Waals surface area contributed by atoms with Crippen molar-refractivity contribution in [3.63, 3.8) is 0 Å². The van der Waals surface area contributed by atoms with E-state index >= 15 is 0 Å². The first kappa shape index (κ1) is 13.4. The summed E-state index contributed by atoms with van der Waals surface area (Å²) in [6, 6.07) is 4.07. The van der Waals surface area contributed by atoms with Gasteiger partial charge in [0.1, 0.15) is 22.3 Å². The minimum Gasteiger partial charge on any atom is -0.459 e. The number of nitriles is 1. The molecule has 1 rings (SSSR count). The molecule has 0 bridgehead atoms. The molecule has 0 amide bonds. The van der Waals surface area contributed by atoms with Gasteiger partial charge in [-0.3, -0.25) is 10.1 Å². The Morgan fingerprint density at radius 2 is 2.28 bits per heavy atom. The number of rotatable bonds is 4. The molecule has 0 radical (unpaired) electrons. The van der Waals surface area contributed by atoms with Crippen molar-refractivity contribution in [3.8, 4) is 6.07 Å². The molecular formula is C11H10N2O5. The minimum absolute atomic E-state index is 0.0407. The Kier molecular flexibility index (Phi) is 4.21. The number of hydrogen-bond acceptors (Lipinski definition) is 6. The van der Waals surface area contributed by atoms with Crippen molar-refractivity contribution in [1.29, 1.82) is 5.26 Å². The number of furan rings is 1. The summed E-state index contributed by atoms with van der Waals surface area (Å²) in [6.45, 7) is 3.29. The lowest BCUT2D eigenvalue weighted by atomic mass is 10.2. The Hall–Kier alpha value is -2.62. The average molecular weight is 250 g/mol. The number of esters is 1. The molecule has 0 saturated carbocycles. The van der Waals surface area contributed by atoms with Gasteiger partial charge in [-0.1, -0.05) is 0 Å². The molecule has 0 aliphatic heterocycles. The molecule has 0 unspecified atom stereocenters. The van der Waals surface area contributed by atoms with Gasteiger partial charge < -0.3 is 9.15 Å². The number of nitro groups is 1. The predicted octanol–water partition coefficient (Wildman–Crippen LogP) is 2.05. The maximum absolute atomic E-state index is 11.4. The summed E-state index contributed by atoms with van der Waals surface area (Å²) >= 11 is 0. The molecule has 18 heavy (non-hydrogen) atoms. The standard InChI is InChI=1S/C11H10N2O5/c1-7(2)17-11(14)8(6-12)5-9-3-4-10(18-9)13(15)16/h3-5,7H,1-2H3/b8-5+. The number of ether oxygens (including phenoxy) is 1. The van der Waals surface area contributed by atoms with Gasteiger partial charge in [0.05, 0.1) is 12.2 Å². The highest BCUT2D eigenvalue weighted by molar-refractivity contribution is 5.97. The SMILES string of the molecule is CC(C)OC(=O)/C(C#N)=C/c1ccc([N+](=O)[O-])o1. The van der Waals surface area contributed by atoms with E-state index in [9.17, 15) is 14.9 Å². The van der Waals surface area contributed by atoms with Gasteiger partial charge in [0, 0.05) is 6.08 Å². The molecule has 0 atom stereocenters. The highest BCUT2D eigenvalue weighted by atomic mass is 16.6. The van der Waals surface area contributed by atoms with E-state index in [1.807, 2.05) is 0 Å². The van der Waals surface area contributed by atoms with E-state index in [2.05, 4.69) is 0 Å². The van der Waals surface area contributed by atoms with Crippen molar-refractivity contribution in [2.24, 2.45) is 0 Å². The van der Waals surface area contributed by atoms with Crippen molar-refractivity contribution in [2.45, 2.75) is 20.0 Å². The molecule has 7 heteroatoms. The van der Waals surface area contributed by atoms with Crippen LogP contribution in [0.4, 0.5) is 5.88 Å². The van der Waals surface area contributed by atoms with E-state index < -0.39 is 16.8 Å². The summed E-state index contributed by atoms with van der Waals surface area (Å²) in [5, 5.41) is 19.2. The van der Waals surface area contributed by atoms with Crippen LogP contribution in [0.5, 0.6) is 0 Å². The lowest BCUT2D eigenvalue weighted by molar-refractivity contribution is -0.402. The molecule has 1 heterocycles. The van der Waals surface area contributed by atoms with Crippen LogP contribution in [-0.2, 0) is 9.53 Å². The van der Waals surface area contributed by atoms with Crippen LogP contribution < -0.4 is 0 Å². The van der Waals surface area contributed by atoms with Gasteiger partial charge in [0.25, 0.3) is 0 Å². The largest absolute Gasteiger partial charge is 0.459 e. The molecule has 0 N–H and O–H groups in total. The van der Waals surface area contributed by atoms with E-state index in [1.165, 1.54) is 6.07 Å². The van der Waals surface area contributed by atoms with Crippen molar-refractivity contribution in [3.05, 3.63) is 33.6 Å². The molecule has 1 aromatic heterocycles. The number of carbonyl (C=O) groups excluding carboxylic acids is 1. The Bertz CT molecular complexity index is 536. The van der Waals surface area contributed by atoms with Crippen molar-refractivity contribution >= 4 is 17.9 Å². The molecule has 1 aromatic rings. The second-order valence-electron chi connectivity index (χ2n) is 3.56. The summed E-state index contributed by atoms with van der Waals surface area (Å²) in [6.07, 6.45) is 0.734. The maximum atomic E-state index is 11.4. The molecule has 94 valence electrons. The molecular weight excluding hydrogens is 240 g/mol. The fourth-order valence-electron chi connectivity index (χ4n) is 1.07. The zero-order valence-corrected chi connectivity index (χ0v) is 9.75. The van der Waals surface area contributed by atoms with Crippen LogP contribution in [0.1, 0.15) is 19.6 Å². The average Bonchev–Trinajstić information content (AvgIpc) is 2.73. The van der Waals surface area contributed by atoms with Gasteiger partial charge in [0.2, 0.25) is 0 Å². The molecule has 0 aliphatic rings. The minimum atomic E-state index is -0.799. The van der Waals surface area contributed by atoms with Crippen molar-refractivity contribution in [1.82, 2.24) is 0 Å². The van der Waals surface area contributed by atoms with E-state index in [-0.39, 0.29) is 17.4 Å². The van der Waals surface area contributed by atoms with Crippen LogP contribution in [0.3, 0.4) is 0 Å². The van der Waals surface area contributed by atoms with E-state index in [0.29, 0.717) is 0 Å². The van der Waals surface area contributed by atoms with Crippen LogP contribution >= 0.6 is 0 Å². The first-order valence-electron chi connectivity index (χ1n) is 5.01. The van der Waals surface area contributed by atoms with Gasteiger partial charge in [0.15, 0.2) is 0 Å². The van der Waals surface area contributed by atoms with Crippen LogP contribution in [-0.4, -0.2) is 17.0 Å². The first-order chi connectivity index (χ1) is 8.43. The van der Waals surface area contributed by atoms with Gasteiger partial charge in [-0.15, -0.1) is 0 Å². The molecule has 7 nitrogen and oxygen atoms in total. The third kappa shape index (κ3) is 3.45. The van der Waals surface area contributed by atoms with Crippen LogP contribution in [0.2, 0.25) is 0 Å². The predicted molar refractivity (Wildman–Crippen MR) is 60.2 cm³/mol. The molecule has 0 saturated heterocycles. The lowest BCUT2D eigenvalue weighted by Crippen LogP contribution is -2.12. The van der Waals surface area contributed by atoms with Crippen LogP contribution in [0, 0.1) is 21.4 Å². The number of nitrogens with zero attached hydrogens (tertiary/aromatic N) is 2. The van der Waals surface area contributed by atoms with Gasteiger partial charge >= 0.3 is 11.9 Å². The normalized spacial score (nSPS) is 11.1. The number of carbonyl (C=O) groups is 1. The Morgan fingerprint density at radius 1 is 1.61 bits per heavy atom. The molecule has 0 aliphatic carbocycles. The van der Waals surface area contributed by atoms with Gasteiger partial charge in [-0.2, -0.15) is 5.26 Å². The third-order valence-corrected chi connectivity index (χ3v) is 1.76. The number of hydrogen-bond donors (Lipinski definition) is 0. The Morgan fingerprint density at radius 3 is 2.72 bits per heavy atom. The third-order valence-electron chi connectivity index (χ3n) is 1.76. The van der Waals surface area contributed by atoms with Gasteiger partial charge in [-0.05, 0) is 19.9 Å². The highest BCUT2D eigenvalue weighted by Crippen LogP contribution is 2.18. The van der Waals surface area contributed by atoms with Crippen LogP contribution in [0.15, 0.2) is 22.1 Å². The quantitative estimate of drug-likeness (QED) is 0.266. The molecule has 0 spiro atoms. The zero-order chi connectivity index (χ0) is 13.7. The Labute approximate surface area is 102 Å². The summed E-state index contributed by atoms with van der Waals surface area (Å²) in [5.41, 5.74) is -0.284. The summed E-state index contributed by atoms with van der Waals surface area (Å²) in [5.74, 6) is -1.22. The second-order valence-corrected chi connectivity index (χ2v) is 3.56. The van der Waals surface area contributed by atoms with Crippen LogP contribution in [0.25, 0.3) is 6.08 Å². The van der Waals surface area contributed by atoms with Crippen molar-refractivity contribution < 1.29 is 18.9 Å². The summed E-state index contributed by atoms with van der Waals surface area (Å²) < 4.78 is 9.62. The fraction of sp³-hybridized carbons (Fsp3) is 0.273. The summed E-state index contributed by atoms with van der Waals surface area (Å²) in [4.78, 5) is 21.1. The van der Waals surface area contributed by atoms with Gasteiger partial charge in [-0.25, -0.2) is 4.79 Å². The topological polar surface area (TPSA) is 106 Å². The highest BCUT2D eigenvalue weighted by Gasteiger charge is 2.15. The smallest absolute Gasteiger partial charge is 0.433 e. The lowest BCUT2D eigenvalue weighted by Gasteiger charge is -2.05. The van der Waals surface area contributed by atoms with E-state index in [1.54, 1.807) is 19.9 Å². The second kappa shape index (κ2) is 5.63. The first-order valence-corrected chi connectivity index (χ1v) is 5.01. The maximum Gasteiger partial charge on any atom is 0.433 e.